The fourth-order valence-corrected chi connectivity index (χ4v) is 6.01. The van der Waals surface area contributed by atoms with Crippen molar-refractivity contribution in [3.05, 3.63) is 77.0 Å². The summed E-state index contributed by atoms with van der Waals surface area (Å²) in [5.74, 6) is -0.460. The van der Waals surface area contributed by atoms with Gasteiger partial charge in [-0.15, -0.1) is 0 Å². The molecule has 3 aromatic rings. The van der Waals surface area contributed by atoms with Crippen LogP contribution in [0.2, 0.25) is 0 Å². The van der Waals surface area contributed by atoms with Crippen molar-refractivity contribution < 1.29 is 9.59 Å². The number of carbonyl (C=O) groups is 2. The maximum absolute atomic E-state index is 13.0. The van der Waals surface area contributed by atoms with Crippen LogP contribution in [0.4, 0.5) is 0 Å². The van der Waals surface area contributed by atoms with Gasteiger partial charge in [-0.2, -0.15) is 15.1 Å². The van der Waals surface area contributed by atoms with E-state index in [4.69, 9.17) is 5.41 Å². The van der Waals surface area contributed by atoms with E-state index >= 15 is 0 Å². The standard InChI is InChI=1S/C29H28N6O2S/c1-19-9-3-4-10-20(19)17-34-18-21(22-11-5-6-12-24(22)34)15-23-27(30)35-29(31-28(23)37)38-25(32-35)16-26(36)33-13-7-2-8-14-33/h3-6,9-12,15,18,30H,2,7-8,13-14,16-17H2,1H3/b23-15-,30-27?. The number of amidine groups is 2. The Bertz CT molecular complexity index is 1560. The zero-order chi connectivity index (χ0) is 26.2. The normalized spacial score (nSPS) is 18.7. The minimum Gasteiger partial charge on any atom is -0.342 e. The fourth-order valence-electron chi connectivity index (χ4n) is 5.14. The van der Waals surface area contributed by atoms with E-state index in [2.05, 4.69) is 39.8 Å². The van der Waals surface area contributed by atoms with Gasteiger partial charge in [-0.3, -0.25) is 15.0 Å². The van der Waals surface area contributed by atoms with E-state index in [1.807, 2.05) is 41.4 Å². The van der Waals surface area contributed by atoms with E-state index in [9.17, 15) is 9.59 Å². The van der Waals surface area contributed by atoms with E-state index in [-0.39, 0.29) is 23.7 Å². The van der Waals surface area contributed by atoms with Gasteiger partial charge in [0.2, 0.25) is 11.1 Å². The van der Waals surface area contributed by atoms with Crippen molar-refractivity contribution in [2.75, 3.05) is 13.1 Å². The molecule has 0 radical (unpaired) electrons. The minimum absolute atomic E-state index is 0.0244. The first-order valence-corrected chi connectivity index (χ1v) is 13.7. The number of benzene rings is 2. The molecule has 2 amide bonds. The van der Waals surface area contributed by atoms with Crippen LogP contribution in [0.3, 0.4) is 0 Å². The number of aliphatic imine (C=N–C) groups is 1. The number of piperidine rings is 1. The monoisotopic (exact) mass is 524 g/mol. The van der Waals surface area contributed by atoms with Crippen LogP contribution in [0.25, 0.3) is 17.0 Å². The number of nitrogens with zero attached hydrogens (tertiary/aromatic N) is 5. The molecule has 0 bridgehead atoms. The van der Waals surface area contributed by atoms with Gasteiger partial charge in [-0.05, 0) is 61.2 Å². The lowest BCUT2D eigenvalue weighted by molar-refractivity contribution is -0.130. The molecular formula is C29H28N6O2S. The molecule has 3 aliphatic heterocycles. The van der Waals surface area contributed by atoms with Crippen LogP contribution in [0.1, 0.15) is 42.4 Å². The molecule has 1 fully saturated rings. The zero-order valence-corrected chi connectivity index (χ0v) is 22.0. The van der Waals surface area contributed by atoms with Gasteiger partial charge in [0.1, 0.15) is 5.04 Å². The number of amides is 2. The Morgan fingerprint density at radius 1 is 1.08 bits per heavy atom. The van der Waals surface area contributed by atoms with Gasteiger partial charge in [0.25, 0.3) is 5.91 Å². The number of hydrogen-bond acceptors (Lipinski definition) is 5. The molecule has 1 saturated heterocycles. The van der Waals surface area contributed by atoms with Crippen LogP contribution in [0.15, 0.2) is 70.4 Å². The van der Waals surface area contributed by atoms with Crippen molar-refractivity contribution >= 4 is 56.6 Å². The highest BCUT2D eigenvalue weighted by Crippen LogP contribution is 2.31. The summed E-state index contributed by atoms with van der Waals surface area (Å²) in [5.41, 5.74) is 4.51. The van der Waals surface area contributed by atoms with Crippen molar-refractivity contribution in [3.63, 3.8) is 0 Å². The molecule has 8 nitrogen and oxygen atoms in total. The van der Waals surface area contributed by atoms with E-state index in [1.54, 1.807) is 6.08 Å². The molecule has 3 aliphatic rings. The summed E-state index contributed by atoms with van der Waals surface area (Å²) in [4.78, 5) is 31.9. The Morgan fingerprint density at radius 3 is 2.66 bits per heavy atom. The molecule has 0 unspecified atom stereocenters. The van der Waals surface area contributed by atoms with Gasteiger partial charge >= 0.3 is 0 Å². The number of likely N-dealkylation sites (tertiary alicyclic amines) is 1. The Labute approximate surface area is 225 Å². The number of para-hydroxylation sites is 1. The fraction of sp³-hybridized carbons (Fsp3) is 0.276. The summed E-state index contributed by atoms with van der Waals surface area (Å²) in [6.45, 7) is 4.36. The predicted octanol–water partition coefficient (Wildman–Crippen LogP) is 5.02. The summed E-state index contributed by atoms with van der Waals surface area (Å²) in [7, 11) is 0. The highest BCUT2D eigenvalue weighted by atomic mass is 32.2. The van der Waals surface area contributed by atoms with Crippen molar-refractivity contribution in [1.29, 1.82) is 5.41 Å². The first-order valence-electron chi connectivity index (χ1n) is 12.9. The molecule has 38 heavy (non-hydrogen) atoms. The maximum Gasteiger partial charge on any atom is 0.283 e. The Kier molecular flexibility index (Phi) is 6.45. The van der Waals surface area contributed by atoms with Crippen LogP contribution in [-0.2, 0) is 16.1 Å². The molecule has 192 valence electrons. The highest BCUT2D eigenvalue weighted by Gasteiger charge is 2.36. The second-order valence-electron chi connectivity index (χ2n) is 9.79. The van der Waals surface area contributed by atoms with Crippen LogP contribution in [0, 0.1) is 12.3 Å². The van der Waals surface area contributed by atoms with Crippen LogP contribution >= 0.6 is 11.8 Å². The number of fused-ring (bicyclic) bond motifs is 2. The average Bonchev–Trinajstić information content (AvgIpc) is 3.49. The van der Waals surface area contributed by atoms with Crippen LogP contribution in [-0.4, -0.2) is 55.4 Å². The number of aromatic nitrogens is 1. The predicted molar refractivity (Wildman–Crippen MR) is 152 cm³/mol. The first-order chi connectivity index (χ1) is 18.5. The number of carbonyl (C=O) groups excluding carboxylic acids is 2. The quantitative estimate of drug-likeness (QED) is 0.474. The average molecular weight is 525 g/mol. The highest BCUT2D eigenvalue weighted by molar-refractivity contribution is 8.27. The Hall–Kier alpha value is -3.98. The lowest BCUT2D eigenvalue weighted by atomic mass is 10.1. The van der Waals surface area contributed by atoms with E-state index in [0.29, 0.717) is 16.8 Å². The maximum atomic E-state index is 13.0. The van der Waals surface area contributed by atoms with Gasteiger partial charge < -0.3 is 9.47 Å². The molecule has 9 heteroatoms. The molecule has 0 aliphatic carbocycles. The number of aryl methyl sites for hydroxylation is 1. The topological polar surface area (TPSA) is 94.1 Å². The number of rotatable bonds is 5. The first kappa shape index (κ1) is 24.4. The van der Waals surface area contributed by atoms with E-state index < -0.39 is 5.91 Å². The summed E-state index contributed by atoms with van der Waals surface area (Å²) < 4.78 is 2.17. The van der Waals surface area contributed by atoms with Crippen molar-refractivity contribution in [1.82, 2.24) is 14.5 Å². The van der Waals surface area contributed by atoms with Crippen molar-refractivity contribution in [3.8, 4) is 0 Å². The lowest BCUT2D eigenvalue weighted by Gasteiger charge is -2.26. The molecule has 6 rings (SSSR count). The zero-order valence-electron chi connectivity index (χ0n) is 21.2. The third-order valence-electron chi connectivity index (χ3n) is 7.23. The minimum atomic E-state index is -0.469. The summed E-state index contributed by atoms with van der Waals surface area (Å²) in [6.07, 6.45) is 7.13. The molecule has 1 aromatic heterocycles. The van der Waals surface area contributed by atoms with Gasteiger partial charge in [-0.25, -0.2) is 0 Å². The van der Waals surface area contributed by atoms with Crippen LogP contribution in [0.5, 0.6) is 0 Å². The lowest BCUT2D eigenvalue weighted by Crippen LogP contribution is -2.36. The van der Waals surface area contributed by atoms with Gasteiger partial charge in [0.05, 0.1) is 12.0 Å². The largest absolute Gasteiger partial charge is 0.342 e. The van der Waals surface area contributed by atoms with Gasteiger partial charge in [0, 0.05) is 42.3 Å². The SMILES string of the molecule is Cc1ccccc1Cn1cc(/C=C2/C(=N)N3N=C(CC(=O)N4CCCCC4)SC3=NC2=O)c2ccccc21. The number of thioether (sulfide) groups is 1. The Morgan fingerprint density at radius 2 is 1.84 bits per heavy atom. The summed E-state index contributed by atoms with van der Waals surface area (Å²) in [5, 5.41) is 16.5. The summed E-state index contributed by atoms with van der Waals surface area (Å²) in [6, 6.07) is 16.4. The third kappa shape index (κ3) is 4.58. The Balaban J connectivity index is 1.28. The van der Waals surface area contributed by atoms with E-state index in [0.717, 1.165) is 48.8 Å². The molecule has 0 spiro atoms. The molecule has 2 aromatic carbocycles. The molecule has 0 atom stereocenters. The second kappa shape index (κ2) is 10.1. The van der Waals surface area contributed by atoms with Crippen molar-refractivity contribution in [2.24, 2.45) is 10.1 Å². The molecule has 0 saturated carbocycles. The number of nitrogens with one attached hydrogen (secondary N) is 1. The van der Waals surface area contributed by atoms with E-state index in [1.165, 1.54) is 27.9 Å². The van der Waals surface area contributed by atoms with Gasteiger partial charge in [-0.1, -0.05) is 42.5 Å². The van der Waals surface area contributed by atoms with Gasteiger partial charge in [0.15, 0.2) is 5.84 Å². The molecular weight excluding hydrogens is 496 g/mol. The summed E-state index contributed by atoms with van der Waals surface area (Å²) >= 11 is 1.20. The molecule has 1 N–H and O–H groups in total. The molecule has 4 heterocycles. The smallest absolute Gasteiger partial charge is 0.283 e. The van der Waals surface area contributed by atoms with Crippen molar-refractivity contribution in [2.45, 2.75) is 39.2 Å². The second-order valence-corrected chi connectivity index (χ2v) is 10.8. The number of hydrazone groups is 1. The van der Waals surface area contributed by atoms with Crippen LogP contribution < -0.4 is 0 Å². The third-order valence-corrected chi connectivity index (χ3v) is 8.14. The number of hydrogen-bond donors (Lipinski definition) is 1.